The molecule has 7 nitrogen and oxygen atoms in total. The lowest BCUT2D eigenvalue weighted by molar-refractivity contribution is -0.142. The van der Waals surface area contributed by atoms with Crippen molar-refractivity contribution in [3.63, 3.8) is 0 Å². The van der Waals surface area contributed by atoms with Gasteiger partial charge in [0.2, 0.25) is 21.8 Å². The highest BCUT2D eigenvalue weighted by Crippen LogP contribution is 2.38. The summed E-state index contributed by atoms with van der Waals surface area (Å²) in [7, 11) is -3.49. The summed E-state index contributed by atoms with van der Waals surface area (Å²) in [5.74, 6) is -0.358. The highest BCUT2D eigenvalue weighted by Gasteiger charge is 2.48. The number of amides is 2. The minimum Gasteiger partial charge on any atom is -0.283 e. The molecule has 2 aliphatic heterocycles. The summed E-state index contributed by atoms with van der Waals surface area (Å²) in [5, 5.41) is 1.25. The fourth-order valence-electron chi connectivity index (χ4n) is 4.51. The average Bonchev–Trinajstić information content (AvgIpc) is 2.99. The third-order valence-corrected chi connectivity index (χ3v) is 7.76. The summed E-state index contributed by atoms with van der Waals surface area (Å²) in [4.78, 5) is 28.7. The second-order valence-electron chi connectivity index (χ2n) is 8.02. The van der Waals surface area contributed by atoms with E-state index < -0.39 is 10.0 Å². The van der Waals surface area contributed by atoms with Crippen molar-refractivity contribution >= 4 is 27.9 Å². The van der Waals surface area contributed by atoms with E-state index in [0.717, 1.165) is 31.2 Å². The first kappa shape index (κ1) is 20.3. The molecule has 0 unspecified atom stereocenters. The third kappa shape index (κ3) is 4.29. The lowest BCUT2D eigenvalue weighted by atomic mass is 9.81. The number of hydrogen-bond donors (Lipinski definition) is 0. The zero-order chi connectivity index (χ0) is 20.4. The van der Waals surface area contributed by atoms with Gasteiger partial charge in [-0.05, 0) is 24.5 Å². The average molecular weight is 418 g/mol. The molecule has 3 fully saturated rings. The topological polar surface area (TPSA) is 78.0 Å². The molecular weight excluding hydrogens is 390 g/mol. The predicted octanol–water partition coefficient (Wildman–Crippen LogP) is 1.74. The molecule has 2 saturated heterocycles. The van der Waals surface area contributed by atoms with E-state index in [1.807, 2.05) is 35.2 Å². The molecule has 4 rings (SSSR count). The first-order chi connectivity index (χ1) is 14.0. The first-order valence-corrected chi connectivity index (χ1v) is 11.8. The Morgan fingerprint density at radius 3 is 2.07 bits per heavy atom. The van der Waals surface area contributed by atoms with Gasteiger partial charge in [0, 0.05) is 31.6 Å². The quantitative estimate of drug-likeness (QED) is 0.682. The summed E-state index contributed by atoms with van der Waals surface area (Å²) in [6, 6.07) is 9.32. The molecule has 0 aromatic heterocycles. The summed E-state index contributed by atoms with van der Waals surface area (Å²) < 4.78 is 26.6. The van der Waals surface area contributed by atoms with Gasteiger partial charge < -0.3 is 0 Å². The SMILES string of the molecule is O=C1[C@@H]2CCCC[C@H]2C(=O)N1CN1CCN(S(=O)(=O)/C=C/c2ccccc2)CC1. The molecule has 2 amide bonds. The van der Waals surface area contributed by atoms with E-state index >= 15 is 0 Å². The summed E-state index contributed by atoms with van der Waals surface area (Å²) in [6.07, 6.45) is 5.25. The molecule has 29 heavy (non-hydrogen) atoms. The van der Waals surface area contributed by atoms with Crippen LogP contribution in [0.25, 0.3) is 6.08 Å². The van der Waals surface area contributed by atoms with Crippen molar-refractivity contribution in [1.82, 2.24) is 14.1 Å². The van der Waals surface area contributed by atoms with E-state index in [-0.39, 0.29) is 30.3 Å². The molecule has 1 aromatic carbocycles. The van der Waals surface area contributed by atoms with Gasteiger partial charge in [-0.25, -0.2) is 8.42 Å². The number of benzene rings is 1. The Balaban J connectivity index is 1.33. The number of sulfonamides is 1. The standard InChI is InChI=1S/C21H27N3O4S/c25-20-18-8-4-5-9-19(18)21(26)24(20)16-22-11-13-23(14-12-22)29(27,28)15-10-17-6-2-1-3-7-17/h1-3,6-7,10,15,18-19H,4-5,8-9,11-14,16H2/b15-10+/t18-,19-/m1/s1. The highest BCUT2D eigenvalue weighted by molar-refractivity contribution is 7.92. The molecule has 0 spiro atoms. The Kier molecular flexibility index (Phi) is 5.85. The van der Waals surface area contributed by atoms with Crippen LogP contribution in [-0.4, -0.2) is 67.2 Å². The highest BCUT2D eigenvalue weighted by atomic mass is 32.2. The lowest BCUT2D eigenvalue weighted by Gasteiger charge is -2.35. The molecule has 0 N–H and O–H groups in total. The number of hydrogen-bond acceptors (Lipinski definition) is 5. The monoisotopic (exact) mass is 417 g/mol. The van der Waals surface area contributed by atoms with Crippen molar-refractivity contribution in [2.45, 2.75) is 25.7 Å². The third-order valence-electron chi connectivity index (χ3n) is 6.20. The van der Waals surface area contributed by atoms with Gasteiger partial charge in [0.1, 0.15) is 0 Å². The first-order valence-electron chi connectivity index (χ1n) is 10.3. The number of nitrogens with zero attached hydrogens (tertiary/aromatic N) is 3. The van der Waals surface area contributed by atoms with Gasteiger partial charge in [0.15, 0.2) is 0 Å². The summed E-state index contributed by atoms with van der Waals surface area (Å²) in [5.41, 5.74) is 0.835. The molecule has 8 heteroatoms. The molecule has 0 bridgehead atoms. The zero-order valence-corrected chi connectivity index (χ0v) is 17.3. The van der Waals surface area contributed by atoms with Crippen LogP contribution in [0.15, 0.2) is 35.7 Å². The number of rotatable bonds is 5. The molecule has 0 radical (unpaired) electrons. The van der Waals surface area contributed by atoms with E-state index in [2.05, 4.69) is 0 Å². The van der Waals surface area contributed by atoms with Gasteiger partial charge in [-0.3, -0.25) is 19.4 Å². The van der Waals surface area contributed by atoms with Crippen molar-refractivity contribution in [2.75, 3.05) is 32.8 Å². The van der Waals surface area contributed by atoms with Crippen LogP contribution in [0.5, 0.6) is 0 Å². The summed E-state index contributed by atoms with van der Waals surface area (Å²) in [6.45, 7) is 1.99. The van der Waals surface area contributed by atoms with Crippen LogP contribution in [0.2, 0.25) is 0 Å². The number of piperazine rings is 1. The van der Waals surface area contributed by atoms with Gasteiger partial charge >= 0.3 is 0 Å². The molecule has 3 aliphatic rings. The van der Waals surface area contributed by atoms with Crippen molar-refractivity contribution in [3.05, 3.63) is 41.3 Å². The van der Waals surface area contributed by atoms with Crippen molar-refractivity contribution in [1.29, 1.82) is 0 Å². The van der Waals surface area contributed by atoms with E-state index in [0.29, 0.717) is 26.2 Å². The van der Waals surface area contributed by atoms with Crippen LogP contribution in [0.1, 0.15) is 31.2 Å². The minimum atomic E-state index is -3.49. The summed E-state index contributed by atoms with van der Waals surface area (Å²) >= 11 is 0. The zero-order valence-electron chi connectivity index (χ0n) is 16.4. The number of imide groups is 1. The Hall–Kier alpha value is -2.03. The second-order valence-corrected chi connectivity index (χ2v) is 9.84. The smallest absolute Gasteiger partial charge is 0.236 e. The Morgan fingerprint density at radius 1 is 0.897 bits per heavy atom. The molecule has 2 heterocycles. The van der Waals surface area contributed by atoms with Crippen LogP contribution in [0.4, 0.5) is 0 Å². The van der Waals surface area contributed by atoms with Gasteiger partial charge in [0.25, 0.3) is 0 Å². The van der Waals surface area contributed by atoms with Crippen LogP contribution >= 0.6 is 0 Å². The normalized spacial score (nSPS) is 27.0. The van der Waals surface area contributed by atoms with Crippen LogP contribution in [0, 0.1) is 11.8 Å². The van der Waals surface area contributed by atoms with Crippen molar-refractivity contribution in [3.8, 4) is 0 Å². The van der Waals surface area contributed by atoms with Crippen molar-refractivity contribution in [2.24, 2.45) is 11.8 Å². The predicted molar refractivity (Wildman–Crippen MR) is 110 cm³/mol. The number of carbonyl (C=O) groups excluding carboxylic acids is 2. The minimum absolute atomic E-state index is 0.0412. The van der Waals surface area contributed by atoms with Crippen molar-refractivity contribution < 1.29 is 18.0 Å². The van der Waals surface area contributed by atoms with Gasteiger partial charge in [-0.15, -0.1) is 0 Å². The molecule has 1 saturated carbocycles. The van der Waals surface area contributed by atoms with Crippen LogP contribution in [0.3, 0.4) is 0 Å². The Labute approximate surface area is 172 Å². The molecular formula is C21H27N3O4S. The molecule has 1 aliphatic carbocycles. The fraction of sp³-hybridized carbons (Fsp3) is 0.524. The van der Waals surface area contributed by atoms with Crippen LogP contribution < -0.4 is 0 Å². The molecule has 1 aromatic rings. The van der Waals surface area contributed by atoms with E-state index in [4.69, 9.17) is 0 Å². The molecule has 156 valence electrons. The number of carbonyl (C=O) groups is 2. The maximum absolute atomic E-state index is 12.6. The van der Waals surface area contributed by atoms with Gasteiger partial charge in [-0.2, -0.15) is 4.31 Å². The van der Waals surface area contributed by atoms with E-state index in [9.17, 15) is 18.0 Å². The maximum Gasteiger partial charge on any atom is 0.236 e. The van der Waals surface area contributed by atoms with Gasteiger partial charge in [0.05, 0.1) is 18.5 Å². The maximum atomic E-state index is 12.6. The van der Waals surface area contributed by atoms with Crippen LogP contribution in [-0.2, 0) is 19.6 Å². The lowest BCUT2D eigenvalue weighted by Crippen LogP contribution is -2.52. The van der Waals surface area contributed by atoms with Gasteiger partial charge in [-0.1, -0.05) is 43.2 Å². The molecule has 2 atom stereocenters. The van der Waals surface area contributed by atoms with E-state index in [1.165, 1.54) is 14.6 Å². The van der Waals surface area contributed by atoms with E-state index in [1.54, 1.807) is 6.08 Å². The number of fused-ring (bicyclic) bond motifs is 1. The fourth-order valence-corrected chi connectivity index (χ4v) is 5.68. The number of likely N-dealkylation sites (tertiary alicyclic amines) is 1. The largest absolute Gasteiger partial charge is 0.283 e. The Morgan fingerprint density at radius 2 is 1.48 bits per heavy atom. The Bertz CT molecular complexity index is 868. The second kappa shape index (κ2) is 8.38.